The highest BCUT2D eigenvalue weighted by molar-refractivity contribution is 5.84. The van der Waals surface area contributed by atoms with Crippen LogP contribution in [0.25, 0.3) is 0 Å². The summed E-state index contributed by atoms with van der Waals surface area (Å²) in [6.45, 7) is 4.17. The van der Waals surface area contributed by atoms with Gasteiger partial charge in [-0.1, -0.05) is 6.92 Å². The Labute approximate surface area is 88.3 Å². The lowest BCUT2D eigenvalue weighted by Crippen LogP contribution is -2.21. The maximum Gasteiger partial charge on any atom is 0.371 e. The number of furan rings is 1. The van der Waals surface area contributed by atoms with E-state index in [0.29, 0.717) is 11.8 Å². The Morgan fingerprint density at radius 3 is 2.80 bits per heavy atom. The Bertz CT molecular complexity index is 372. The zero-order chi connectivity index (χ0) is 11.0. The van der Waals surface area contributed by atoms with Gasteiger partial charge in [0, 0.05) is 6.04 Å². The highest BCUT2D eigenvalue weighted by atomic mass is 16.4. The van der Waals surface area contributed by atoms with Crippen molar-refractivity contribution in [3.05, 3.63) is 23.7 Å². The minimum Gasteiger partial charge on any atom is -0.475 e. The van der Waals surface area contributed by atoms with Gasteiger partial charge < -0.3 is 14.8 Å². The van der Waals surface area contributed by atoms with Gasteiger partial charge in [0.05, 0.1) is 6.04 Å². The molecule has 0 aromatic carbocycles. The summed E-state index contributed by atoms with van der Waals surface area (Å²) in [5.41, 5.74) is 0. The van der Waals surface area contributed by atoms with Crippen molar-refractivity contribution in [3.63, 3.8) is 0 Å². The molecule has 1 aromatic heterocycles. The van der Waals surface area contributed by atoms with Crippen LogP contribution in [0.15, 0.2) is 16.5 Å². The first-order valence-electron chi connectivity index (χ1n) is 5.17. The van der Waals surface area contributed by atoms with Crippen molar-refractivity contribution in [3.8, 4) is 0 Å². The van der Waals surface area contributed by atoms with Crippen LogP contribution in [0.2, 0.25) is 0 Å². The average molecular weight is 209 g/mol. The van der Waals surface area contributed by atoms with Crippen LogP contribution in [-0.2, 0) is 0 Å². The maximum atomic E-state index is 10.6. The third-order valence-corrected chi connectivity index (χ3v) is 2.84. The predicted octanol–water partition coefficient (Wildman–Crippen LogP) is 2.04. The molecule has 15 heavy (non-hydrogen) atoms. The van der Waals surface area contributed by atoms with Crippen molar-refractivity contribution in [1.82, 2.24) is 5.32 Å². The van der Waals surface area contributed by atoms with Gasteiger partial charge >= 0.3 is 5.97 Å². The third kappa shape index (κ3) is 2.21. The molecule has 0 aliphatic heterocycles. The number of hydrogen-bond acceptors (Lipinski definition) is 3. The minimum absolute atomic E-state index is 0.00231. The second-order valence-electron chi connectivity index (χ2n) is 4.22. The highest BCUT2D eigenvalue weighted by Crippen LogP contribution is 2.31. The molecule has 0 bridgehead atoms. The summed E-state index contributed by atoms with van der Waals surface area (Å²) in [4.78, 5) is 10.6. The van der Waals surface area contributed by atoms with Crippen molar-refractivity contribution < 1.29 is 14.3 Å². The molecular weight excluding hydrogens is 194 g/mol. The number of carbonyl (C=O) groups is 1. The summed E-state index contributed by atoms with van der Waals surface area (Å²) in [5.74, 6) is 0.392. The second-order valence-corrected chi connectivity index (χ2v) is 4.22. The van der Waals surface area contributed by atoms with Gasteiger partial charge in [0.15, 0.2) is 0 Å². The first-order valence-corrected chi connectivity index (χ1v) is 5.17. The van der Waals surface area contributed by atoms with E-state index in [0.717, 1.165) is 5.92 Å². The third-order valence-electron chi connectivity index (χ3n) is 2.84. The van der Waals surface area contributed by atoms with E-state index in [4.69, 9.17) is 9.52 Å². The van der Waals surface area contributed by atoms with E-state index in [-0.39, 0.29) is 11.8 Å². The zero-order valence-electron chi connectivity index (χ0n) is 8.86. The van der Waals surface area contributed by atoms with Gasteiger partial charge in [-0.05, 0) is 31.4 Å². The number of carboxylic acids is 1. The molecule has 82 valence electrons. The summed E-state index contributed by atoms with van der Waals surface area (Å²) in [5, 5.41) is 12.1. The van der Waals surface area contributed by atoms with E-state index in [2.05, 4.69) is 12.2 Å². The molecular formula is C11H15NO3. The quantitative estimate of drug-likeness (QED) is 0.796. The SMILES string of the molecule is CC(NC1CC1C)c1ccc(C(=O)O)o1. The molecule has 1 aromatic rings. The molecule has 2 N–H and O–H groups in total. The molecule has 1 heterocycles. The molecule has 2 rings (SSSR count). The summed E-state index contributed by atoms with van der Waals surface area (Å²) in [6, 6.07) is 3.84. The molecule has 0 radical (unpaired) electrons. The lowest BCUT2D eigenvalue weighted by atomic mass is 10.2. The van der Waals surface area contributed by atoms with Crippen molar-refractivity contribution in [2.24, 2.45) is 5.92 Å². The number of aromatic carboxylic acids is 1. The maximum absolute atomic E-state index is 10.6. The lowest BCUT2D eigenvalue weighted by molar-refractivity contribution is 0.0659. The topological polar surface area (TPSA) is 62.5 Å². The van der Waals surface area contributed by atoms with E-state index in [9.17, 15) is 4.79 Å². The molecule has 0 spiro atoms. The monoisotopic (exact) mass is 209 g/mol. The Hall–Kier alpha value is -1.29. The summed E-state index contributed by atoms with van der Waals surface area (Å²) in [6.07, 6.45) is 1.19. The fraction of sp³-hybridized carbons (Fsp3) is 0.545. The largest absolute Gasteiger partial charge is 0.475 e. The van der Waals surface area contributed by atoms with Crippen LogP contribution in [0.1, 0.15) is 42.6 Å². The second kappa shape index (κ2) is 3.70. The van der Waals surface area contributed by atoms with E-state index < -0.39 is 5.97 Å². The highest BCUT2D eigenvalue weighted by Gasteiger charge is 2.33. The van der Waals surface area contributed by atoms with Crippen LogP contribution >= 0.6 is 0 Å². The summed E-state index contributed by atoms with van der Waals surface area (Å²) in [7, 11) is 0. The Balaban J connectivity index is 1.98. The molecule has 1 aliphatic rings. The van der Waals surface area contributed by atoms with Crippen molar-refractivity contribution in [2.75, 3.05) is 0 Å². The van der Waals surface area contributed by atoms with E-state index >= 15 is 0 Å². The predicted molar refractivity (Wildman–Crippen MR) is 54.8 cm³/mol. The van der Waals surface area contributed by atoms with Gasteiger partial charge in [0.1, 0.15) is 5.76 Å². The molecule has 1 fully saturated rings. The number of rotatable bonds is 4. The number of nitrogens with one attached hydrogen (secondary N) is 1. The fourth-order valence-electron chi connectivity index (χ4n) is 1.66. The van der Waals surface area contributed by atoms with Gasteiger partial charge in [-0.2, -0.15) is 0 Å². The number of carboxylic acid groups (broad SMARTS) is 1. The van der Waals surface area contributed by atoms with E-state index in [1.165, 1.54) is 12.5 Å². The van der Waals surface area contributed by atoms with Crippen LogP contribution in [0.4, 0.5) is 0 Å². The van der Waals surface area contributed by atoms with Crippen molar-refractivity contribution in [2.45, 2.75) is 32.4 Å². The summed E-state index contributed by atoms with van der Waals surface area (Å²) >= 11 is 0. The average Bonchev–Trinajstić information content (AvgIpc) is 2.71. The van der Waals surface area contributed by atoms with Crippen LogP contribution in [0.5, 0.6) is 0 Å². The Kier molecular flexibility index (Phi) is 2.52. The molecule has 3 unspecified atom stereocenters. The normalized spacial score (nSPS) is 26.3. The van der Waals surface area contributed by atoms with Crippen LogP contribution in [0, 0.1) is 5.92 Å². The summed E-state index contributed by atoms with van der Waals surface area (Å²) < 4.78 is 5.21. The van der Waals surface area contributed by atoms with Crippen LogP contribution < -0.4 is 5.32 Å². The first-order chi connectivity index (χ1) is 7.08. The standard InChI is InChI=1S/C11H15NO3/c1-6-5-8(6)12-7(2)9-3-4-10(15-9)11(13)14/h3-4,6-8,12H,5H2,1-2H3,(H,13,14). The first kappa shape index (κ1) is 10.2. The Morgan fingerprint density at radius 2 is 2.33 bits per heavy atom. The Morgan fingerprint density at radius 1 is 1.67 bits per heavy atom. The van der Waals surface area contributed by atoms with Crippen LogP contribution in [-0.4, -0.2) is 17.1 Å². The van der Waals surface area contributed by atoms with Gasteiger partial charge in [0.25, 0.3) is 0 Å². The van der Waals surface area contributed by atoms with E-state index in [1.54, 1.807) is 6.07 Å². The molecule has 4 heteroatoms. The van der Waals surface area contributed by atoms with Crippen LogP contribution in [0.3, 0.4) is 0 Å². The smallest absolute Gasteiger partial charge is 0.371 e. The number of hydrogen-bond donors (Lipinski definition) is 2. The molecule has 0 amide bonds. The molecule has 1 saturated carbocycles. The van der Waals surface area contributed by atoms with Crippen molar-refractivity contribution >= 4 is 5.97 Å². The lowest BCUT2D eigenvalue weighted by Gasteiger charge is -2.10. The van der Waals surface area contributed by atoms with Gasteiger partial charge in [-0.25, -0.2) is 4.79 Å². The fourth-order valence-corrected chi connectivity index (χ4v) is 1.66. The van der Waals surface area contributed by atoms with Crippen molar-refractivity contribution in [1.29, 1.82) is 0 Å². The van der Waals surface area contributed by atoms with Gasteiger partial charge in [0.2, 0.25) is 5.76 Å². The van der Waals surface area contributed by atoms with Gasteiger partial charge in [-0.3, -0.25) is 0 Å². The zero-order valence-corrected chi connectivity index (χ0v) is 8.86. The molecule has 3 atom stereocenters. The molecule has 1 aliphatic carbocycles. The molecule has 0 saturated heterocycles. The molecule has 4 nitrogen and oxygen atoms in total. The van der Waals surface area contributed by atoms with E-state index in [1.807, 2.05) is 6.92 Å². The van der Waals surface area contributed by atoms with Gasteiger partial charge in [-0.15, -0.1) is 0 Å². The minimum atomic E-state index is -1.02.